The van der Waals surface area contributed by atoms with Crippen molar-refractivity contribution in [3.05, 3.63) is 34.3 Å². The summed E-state index contributed by atoms with van der Waals surface area (Å²) in [7, 11) is 0. The Balaban J connectivity index is 1.88. The van der Waals surface area contributed by atoms with Gasteiger partial charge in [-0.25, -0.2) is 4.98 Å². The van der Waals surface area contributed by atoms with Gasteiger partial charge in [0.25, 0.3) is 0 Å². The van der Waals surface area contributed by atoms with Gasteiger partial charge in [0, 0.05) is 17.7 Å². The first kappa shape index (κ1) is 29.7. The highest BCUT2D eigenvalue weighted by Gasteiger charge is 2.53. The summed E-state index contributed by atoms with van der Waals surface area (Å²) in [6, 6.07) is 0. The minimum Gasteiger partial charge on any atom is -0.458 e. The second kappa shape index (κ2) is 11.9. The number of aliphatic hydroxyl groups is 2. The van der Waals surface area contributed by atoms with Crippen LogP contribution in [0.5, 0.6) is 0 Å². The van der Waals surface area contributed by atoms with E-state index in [9.17, 15) is 19.8 Å². The van der Waals surface area contributed by atoms with Crippen LogP contribution in [-0.2, 0) is 19.1 Å². The number of carbonyl (C=O) groups is 2. The summed E-state index contributed by atoms with van der Waals surface area (Å²) in [5.41, 5.74) is 0.101. The van der Waals surface area contributed by atoms with E-state index in [4.69, 9.17) is 9.47 Å². The summed E-state index contributed by atoms with van der Waals surface area (Å²) in [4.78, 5) is 31.1. The van der Waals surface area contributed by atoms with Crippen molar-refractivity contribution in [2.45, 2.75) is 110 Å². The molecule has 206 valence electrons. The third-order valence-corrected chi connectivity index (χ3v) is 8.96. The van der Waals surface area contributed by atoms with Gasteiger partial charge in [0.2, 0.25) is 0 Å². The standard InChI is InChI=1S/C29H43NO6S/c1-8-10-21-26(33)17(2)11-9-12-29(7)24(36-29)14-22(18(3)13-20-16-37-19(4)30-20)35-25(32)15-23(31)28(5,6)27(21)34/h8,13,16-17,21-24,26,31,33H,1,9-12,14-15H2,2-7H3/b18-13+/t17-,21-,22+,23-,24-,26+,29-/m1/s1. The highest BCUT2D eigenvalue weighted by atomic mass is 32.1. The number of fused-ring (bicyclic) bond motifs is 1. The molecule has 0 radical (unpaired) electrons. The molecule has 8 heteroatoms. The first-order valence-electron chi connectivity index (χ1n) is 13.3. The van der Waals surface area contributed by atoms with E-state index in [1.165, 1.54) is 0 Å². The number of hydrogen-bond acceptors (Lipinski definition) is 8. The van der Waals surface area contributed by atoms with Gasteiger partial charge in [0.15, 0.2) is 0 Å². The summed E-state index contributed by atoms with van der Waals surface area (Å²) in [5, 5.41) is 25.0. The van der Waals surface area contributed by atoms with Gasteiger partial charge in [-0.2, -0.15) is 0 Å². The number of thiazole rings is 1. The van der Waals surface area contributed by atoms with Crippen molar-refractivity contribution in [2.75, 3.05) is 0 Å². The number of esters is 1. The van der Waals surface area contributed by atoms with Gasteiger partial charge >= 0.3 is 5.97 Å². The van der Waals surface area contributed by atoms with Crippen LogP contribution in [0.15, 0.2) is 23.6 Å². The molecule has 0 saturated carbocycles. The largest absolute Gasteiger partial charge is 0.458 e. The molecule has 0 unspecified atom stereocenters. The topological polar surface area (TPSA) is 109 Å². The zero-order valence-electron chi connectivity index (χ0n) is 23.0. The Labute approximate surface area is 225 Å². The van der Waals surface area contributed by atoms with Crippen LogP contribution in [0.25, 0.3) is 6.08 Å². The van der Waals surface area contributed by atoms with Crippen LogP contribution in [0.4, 0.5) is 0 Å². The normalized spacial score (nSPS) is 35.9. The molecule has 1 aromatic heterocycles. The molecule has 3 heterocycles. The molecular formula is C29H43NO6S. The first-order chi connectivity index (χ1) is 17.3. The molecule has 2 saturated heterocycles. The molecule has 2 aliphatic rings. The van der Waals surface area contributed by atoms with Crippen molar-refractivity contribution in [1.82, 2.24) is 4.98 Å². The molecule has 0 bridgehead atoms. The zero-order valence-corrected chi connectivity index (χ0v) is 23.8. The summed E-state index contributed by atoms with van der Waals surface area (Å²) in [5.74, 6) is -1.67. The lowest BCUT2D eigenvalue weighted by molar-refractivity contribution is -0.154. The fourth-order valence-electron chi connectivity index (χ4n) is 5.29. The highest BCUT2D eigenvalue weighted by Crippen LogP contribution is 2.45. The molecule has 0 spiro atoms. The average Bonchev–Trinajstić information content (AvgIpc) is 3.27. The summed E-state index contributed by atoms with van der Waals surface area (Å²) >= 11 is 1.56. The van der Waals surface area contributed by atoms with Crippen LogP contribution in [0.3, 0.4) is 0 Å². The van der Waals surface area contributed by atoms with Gasteiger partial charge in [-0.1, -0.05) is 33.3 Å². The monoisotopic (exact) mass is 533 g/mol. The molecule has 7 atom stereocenters. The predicted octanol–water partition coefficient (Wildman–Crippen LogP) is 5.03. The molecular weight excluding hydrogens is 490 g/mol. The van der Waals surface area contributed by atoms with Crippen LogP contribution < -0.4 is 0 Å². The molecule has 37 heavy (non-hydrogen) atoms. The molecule has 2 N–H and O–H groups in total. The van der Waals surface area contributed by atoms with E-state index < -0.39 is 35.6 Å². The number of epoxide rings is 1. The molecule has 0 amide bonds. The number of ketones is 1. The van der Waals surface area contributed by atoms with Crippen molar-refractivity contribution >= 4 is 29.2 Å². The SMILES string of the molecule is C=CC[C@H]1C(=O)C(C)(C)[C@H](O)CC(=O)O[C@H](/C(C)=C/c2csc(C)n2)C[C@H]2O[C@]2(C)CCC[C@@H](C)[C@@H]1O. The summed E-state index contributed by atoms with van der Waals surface area (Å²) in [6.45, 7) is 14.9. The quantitative estimate of drug-likeness (QED) is 0.317. The summed E-state index contributed by atoms with van der Waals surface area (Å²) < 4.78 is 12.0. The third kappa shape index (κ3) is 7.16. The van der Waals surface area contributed by atoms with Crippen LogP contribution >= 0.6 is 11.3 Å². The Morgan fingerprint density at radius 3 is 2.62 bits per heavy atom. The van der Waals surface area contributed by atoms with Crippen molar-refractivity contribution < 1.29 is 29.3 Å². The van der Waals surface area contributed by atoms with Gasteiger partial charge < -0.3 is 19.7 Å². The lowest BCUT2D eigenvalue weighted by atomic mass is 9.71. The molecule has 0 aromatic carbocycles. The lowest BCUT2D eigenvalue weighted by Crippen LogP contribution is -2.46. The van der Waals surface area contributed by atoms with E-state index in [-0.39, 0.29) is 29.8 Å². The number of allylic oxidation sites excluding steroid dienone is 1. The number of carbonyl (C=O) groups excluding carboxylic acids is 2. The maximum absolute atomic E-state index is 13.6. The summed E-state index contributed by atoms with van der Waals surface area (Å²) in [6.07, 6.45) is 3.71. The Morgan fingerprint density at radius 1 is 1.30 bits per heavy atom. The lowest BCUT2D eigenvalue weighted by Gasteiger charge is -2.35. The van der Waals surface area contributed by atoms with Crippen molar-refractivity contribution in [3.8, 4) is 0 Å². The third-order valence-electron chi connectivity index (χ3n) is 8.17. The Hall–Kier alpha value is -1.87. The number of ether oxygens (including phenoxy) is 2. The number of nitrogens with zero attached hydrogens (tertiary/aromatic N) is 1. The molecule has 0 aliphatic carbocycles. The van der Waals surface area contributed by atoms with E-state index in [1.807, 2.05) is 32.2 Å². The maximum atomic E-state index is 13.6. The van der Waals surface area contributed by atoms with Crippen LogP contribution in [-0.4, -0.2) is 57.0 Å². The van der Waals surface area contributed by atoms with E-state index in [1.54, 1.807) is 31.3 Å². The Bertz CT molecular complexity index is 1020. The number of aliphatic hydroxyl groups excluding tert-OH is 2. The molecule has 7 nitrogen and oxygen atoms in total. The fourth-order valence-corrected chi connectivity index (χ4v) is 5.86. The minimum absolute atomic E-state index is 0.0598. The number of Topliss-reactive ketones (excluding diaryl/α,β-unsaturated/α-hetero) is 1. The predicted molar refractivity (Wildman–Crippen MR) is 145 cm³/mol. The maximum Gasteiger partial charge on any atom is 0.309 e. The van der Waals surface area contributed by atoms with Crippen molar-refractivity contribution in [1.29, 1.82) is 0 Å². The number of aromatic nitrogens is 1. The fraction of sp³-hybridized carbons (Fsp3) is 0.690. The van der Waals surface area contributed by atoms with Gasteiger partial charge in [0.05, 0.1) is 46.5 Å². The van der Waals surface area contributed by atoms with Crippen LogP contribution in [0.1, 0.15) is 83.8 Å². The molecule has 3 rings (SSSR count). The first-order valence-corrected chi connectivity index (χ1v) is 14.2. The van der Waals surface area contributed by atoms with Crippen molar-refractivity contribution in [2.24, 2.45) is 17.3 Å². The van der Waals surface area contributed by atoms with Crippen LogP contribution in [0.2, 0.25) is 0 Å². The average molecular weight is 534 g/mol. The second-order valence-electron chi connectivity index (χ2n) is 11.6. The van der Waals surface area contributed by atoms with E-state index >= 15 is 0 Å². The molecule has 1 aromatic rings. The minimum atomic E-state index is -1.26. The number of rotatable bonds is 4. The smallest absolute Gasteiger partial charge is 0.309 e. The van der Waals surface area contributed by atoms with Crippen LogP contribution in [0, 0.1) is 24.2 Å². The van der Waals surface area contributed by atoms with E-state index in [0.717, 1.165) is 35.5 Å². The Morgan fingerprint density at radius 2 is 2.00 bits per heavy atom. The number of cyclic esters (lactones) is 1. The number of hydrogen-bond donors (Lipinski definition) is 2. The van der Waals surface area contributed by atoms with Crippen molar-refractivity contribution in [3.63, 3.8) is 0 Å². The van der Waals surface area contributed by atoms with E-state index in [2.05, 4.69) is 18.5 Å². The Kier molecular flexibility index (Phi) is 9.54. The molecule has 2 aliphatic heterocycles. The second-order valence-corrected chi connectivity index (χ2v) is 12.7. The van der Waals surface area contributed by atoms with Gasteiger partial charge in [-0.15, -0.1) is 17.9 Å². The highest BCUT2D eigenvalue weighted by molar-refractivity contribution is 7.09. The zero-order chi connectivity index (χ0) is 27.5. The van der Waals surface area contributed by atoms with Gasteiger partial charge in [-0.3, -0.25) is 9.59 Å². The van der Waals surface area contributed by atoms with Gasteiger partial charge in [0.1, 0.15) is 11.9 Å². The molecule has 2 fully saturated rings. The van der Waals surface area contributed by atoms with E-state index in [0.29, 0.717) is 12.8 Å². The van der Waals surface area contributed by atoms with Gasteiger partial charge in [-0.05, 0) is 57.6 Å². The number of aryl methyl sites for hydroxylation is 1.